The van der Waals surface area contributed by atoms with Crippen LogP contribution in [0.2, 0.25) is 0 Å². The fourth-order valence-corrected chi connectivity index (χ4v) is 2.45. The monoisotopic (exact) mass is 205 g/mol. The van der Waals surface area contributed by atoms with Crippen LogP contribution in [0.4, 0.5) is 0 Å². The smallest absolute Gasteiger partial charge is 0.109 e. The average Bonchev–Trinajstić information content (AvgIpc) is 3.02. The summed E-state index contributed by atoms with van der Waals surface area (Å²) in [7, 11) is 0. The van der Waals surface area contributed by atoms with Crippen molar-refractivity contribution in [3.05, 3.63) is 17.7 Å². The van der Waals surface area contributed by atoms with E-state index in [4.69, 9.17) is 0 Å². The third kappa shape index (κ3) is 2.23. The van der Waals surface area contributed by atoms with Gasteiger partial charge in [0.15, 0.2) is 0 Å². The van der Waals surface area contributed by atoms with Crippen molar-refractivity contribution in [1.29, 1.82) is 0 Å². The highest BCUT2D eigenvalue weighted by Gasteiger charge is 2.26. The number of piperidine rings is 1. The topological polar surface area (TPSA) is 40.7 Å². The zero-order valence-electron chi connectivity index (χ0n) is 9.13. The SMILES string of the molecule is c1nc(C2CC2)[nH]c1CC1CCCNC1. The van der Waals surface area contributed by atoms with E-state index >= 15 is 0 Å². The molecule has 1 saturated heterocycles. The molecule has 0 amide bonds. The second-order valence-electron chi connectivity index (χ2n) is 4.98. The first-order valence-electron chi connectivity index (χ1n) is 6.16. The number of nitrogens with one attached hydrogen (secondary N) is 2. The van der Waals surface area contributed by atoms with E-state index in [1.54, 1.807) is 0 Å². The number of nitrogens with zero attached hydrogens (tertiary/aromatic N) is 1. The molecule has 0 bridgehead atoms. The van der Waals surface area contributed by atoms with Crippen molar-refractivity contribution in [2.45, 2.75) is 38.0 Å². The standard InChI is InChI=1S/C12H19N3/c1-2-9(7-13-5-1)6-11-8-14-12(15-11)10-3-4-10/h8-10,13H,1-7H2,(H,14,15). The van der Waals surface area contributed by atoms with Gasteiger partial charge in [0.05, 0.1) is 0 Å². The summed E-state index contributed by atoms with van der Waals surface area (Å²) in [5.41, 5.74) is 1.34. The van der Waals surface area contributed by atoms with Crippen LogP contribution in [0.3, 0.4) is 0 Å². The highest BCUT2D eigenvalue weighted by molar-refractivity contribution is 5.10. The number of rotatable bonds is 3. The minimum absolute atomic E-state index is 0.753. The maximum absolute atomic E-state index is 4.47. The van der Waals surface area contributed by atoms with Crippen LogP contribution >= 0.6 is 0 Å². The lowest BCUT2D eigenvalue weighted by Gasteiger charge is -2.21. The lowest BCUT2D eigenvalue weighted by Crippen LogP contribution is -2.30. The quantitative estimate of drug-likeness (QED) is 0.790. The molecule has 1 atom stereocenters. The van der Waals surface area contributed by atoms with E-state index < -0.39 is 0 Å². The zero-order valence-corrected chi connectivity index (χ0v) is 9.13. The lowest BCUT2D eigenvalue weighted by atomic mass is 9.95. The minimum atomic E-state index is 0.753. The number of H-pyrrole nitrogens is 1. The zero-order chi connectivity index (χ0) is 10.1. The van der Waals surface area contributed by atoms with Gasteiger partial charge >= 0.3 is 0 Å². The molecular formula is C12H19N3. The Hall–Kier alpha value is -0.830. The summed E-state index contributed by atoms with van der Waals surface area (Å²) < 4.78 is 0. The van der Waals surface area contributed by atoms with Gasteiger partial charge in [-0.1, -0.05) is 0 Å². The van der Waals surface area contributed by atoms with Crippen molar-refractivity contribution in [3.8, 4) is 0 Å². The molecule has 1 aliphatic heterocycles. The second kappa shape index (κ2) is 3.97. The third-order valence-electron chi connectivity index (χ3n) is 3.52. The minimum Gasteiger partial charge on any atom is -0.346 e. The predicted octanol–water partition coefficient (Wildman–Crippen LogP) is 1.83. The van der Waals surface area contributed by atoms with E-state index in [9.17, 15) is 0 Å². The van der Waals surface area contributed by atoms with Crippen molar-refractivity contribution in [2.24, 2.45) is 5.92 Å². The molecule has 2 heterocycles. The van der Waals surface area contributed by atoms with Gasteiger partial charge in [-0.05, 0) is 51.1 Å². The molecule has 1 aromatic rings. The third-order valence-corrected chi connectivity index (χ3v) is 3.52. The average molecular weight is 205 g/mol. The van der Waals surface area contributed by atoms with Crippen LogP contribution in [-0.2, 0) is 6.42 Å². The van der Waals surface area contributed by atoms with Gasteiger partial charge in [-0.25, -0.2) is 4.98 Å². The molecule has 1 aliphatic carbocycles. The van der Waals surface area contributed by atoms with Gasteiger partial charge in [0.2, 0.25) is 0 Å². The normalized spacial score (nSPS) is 26.8. The van der Waals surface area contributed by atoms with Gasteiger partial charge in [0, 0.05) is 17.8 Å². The Labute approximate surface area is 90.7 Å². The van der Waals surface area contributed by atoms with Crippen molar-refractivity contribution in [3.63, 3.8) is 0 Å². The van der Waals surface area contributed by atoms with Crippen LogP contribution in [0.1, 0.15) is 43.1 Å². The van der Waals surface area contributed by atoms with Crippen molar-refractivity contribution in [2.75, 3.05) is 13.1 Å². The molecule has 1 aromatic heterocycles. The fourth-order valence-electron chi connectivity index (χ4n) is 2.45. The molecule has 0 spiro atoms. The van der Waals surface area contributed by atoms with E-state index in [0.29, 0.717) is 0 Å². The summed E-state index contributed by atoms with van der Waals surface area (Å²) in [5.74, 6) is 2.79. The van der Waals surface area contributed by atoms with Gasteiger partial charge in [-0.15, -0.1) is 0 Å². The summed E-state index contributed by atoms with van der Waals surface area (Å²) in [4.78, 5) is 7.95. The van der Waals surface area contributed by atoms with Gasteiger partial charge in [-0.3, -0.25) is 0 Å². The predicted molar refractivity (Wildman–Crippen MR) is 59.9 cm³/mol. The lowest BCUT2D eigenvalue weighted by molar-refractivity contribution is 0.374. The van der Waals surface area contributed by atoms with Crippen molar-refractivity contribution in [1.82, 2.24) is 15.3 Å². The Balaban J connectivity index is 1.60. The molecule has 82 valence electrons. The molecule has 2 fully saturated rings. The number of aromatic amines is 1. The Bertz CT molecular complexity index is 321. The molecule has 3 nitrogen and oxygen atoms in total. The molecule has 3 heteroatoms. The summed E-state index contributed by atoms with van der Waals surface area (Å²) in [6.07, 6.45) is 8.57. The molecular weight excluding hydrogens is 186 g/mol. The van der Waals surface area contributed by atoms with Gasteiger partial charge in [-0.2, -0.15) is 0 Å². The highest BCUT2D eigenvalue weighted by atomic mass is 14.9. The van der Waals surface area contributed by atoms with Crippen molar-refractivity contribution >= 4 is 0 Å². The molecule has 2 aliphatic rings. The highest BCUT2D eigenvalue weighted by Crippen LogP contribution is 2.38. The first kappa shape index (κ1) is 9.40. The maximum atomic E-state index is 4.47. The maximum Gasteiger partial charge on any atom is 0.109 e. The number of hydrogen-bond acceptors (Lipinski definition) is 2. The van der Waals surface area contributed by atoms with Gasteiger partial charge in [0.25, 0.3) is 0 Å². The van der Waals surface area contributed by atoms with Crippen LogP contribution in [-0.4, -0.2) is 23.1 Å². The molecule has 2 N–H and O–H groups in total. The van der Waals surface area contributed by atoms with Crippen molar-refractivity contribution < 1.29 is 0 Å². The molecule has 1 unspecified atom stereocenters. The van der Waals surface area contributed by atoms with Crippen LogP contribution < -0.4 is 5.32 Å². The van der Waals surface area contributed by atoms with Crippen LogP contribution in [0.25, 0.3) is 0 Å². The van der Waals surface area contributed by atoms with E-state index in [1.807, 2.05) is 6.20 Å². The van der Waals surface area contributed by atoms with Crippen LogP contribution in [0.15, 0.2) is 6.20 Å². The second-order valence-corrected chi connectivity index (χ2v) is 4.98. The van der Waals surface area contributed by atoms with E-state index in [1.165, 1.54) is 56.7 Å². The van der Waals surface area contributed by atoms with E-state index in [-0.39, 0.29) is 0 Å². The Kier molecular flexibility index (Phi) is 2.49. The molecule has 0 aromatic carbocycles. The number of hydrogen-bond donors (Lipinski definition) is 2. The Morgan fingerprint density at radius 2 is 2.27 bits per heavy atom. The number of imidazole rings is 1. The van der Waals surface area contributed by atoms with E-state index in [2.05, 4.69) is 15.3 Å². The molecule has 15 heavy (non-hydrogen) atoms. The Morgan fingerprint density at radius 1 is 1.33 bits per heavy atom. The first-order chi connectivity index (χ1) is 7.42. The summed E-state index contributed by atoms with van der Waals surface area (Å²) in [5, 5.41) is 3.46. The first-order valence-corrected chi connectivity index (χ1v) is 6.16. The molecule has 1 saturated carbocycles. The van der Waals surface area contributed by atoms with Gasteiger partial charge in [0.1, 0.15) is 5.82 Å². The summed E-state index contributed by atoms with van der Waals surface area (Å²) in [6, 6.07) is 0. The number of aromatic nitrogens is 2. The summed E-state index contributed by atoms with van der Waals surface area (Å²) in [6.45, 7) is 2.38. The largest absolute Gasteiger partial charge is 0.346 e. The fraction of sp³-hybridized carbons (Fsp3) is 0.750. The van der Waals surface area contributed by atoms with Gasteiger partial charge < -0.3 is 10.3 Å². The summed E-state index contributed by atoms with van der Waals surface area (Å²) >= 11 is 0. The van der Waals surface area contributed by atoms with E-state index in [0.717, 1.165) is 11.8 Å². The Morgan fingerprint density at radius 3 is 3.00 bits per heavy atom. The molecule has 3 rings (SSSR count). The van der Waals surface area contributed by atoms with Crippen LogP contribution in [0, 0.1) is 5.92 Å². The molecule has 0 radical (unpaired) electrons. The van der Waals surface area contributed by atoms with Crippen LogP contribution in [0.5, 0.6) is 0 Å².